The maximum atomic E-state index is 2.34. The van der Waals surface area contributed by atoms with Gasteiger partial charge in [0.2, 0.25) is 0 Å². The Morgan fingerprint density at radius 3 is 1.40 bits per heavy atom. The van der Waals surface area contributed by atoms with Crippen LogP contribution in [0.1, 0.15) is 0 Å². The van der Waals surface area contributed by atoms with Crippen LogP contribution < -0.4 is 0 Å². The van der Waals surface area contributed by atoms with Crippen LogP contribution in [0, 0.1) is 0 Å². The third-order valence-electron chi connectivity index (χ3n) is 8.24. The molecule has 0 aliphatic rings. The fraction of sp³-hybridized carbons (Fsp3) is 0. The molecule has 0 aromatic heterocycles. The Bertz CT molecular complexity index is 2200. The van der Waals surface area contributed by atoms with Crippen LogP contribution in [-0.2, 0) is 0 Å². The predicted octanol–water partition coefficient (Wildman–Crippen LogP) is 11.3. The summed E-state index contributed by atoms with van der Waals surface area (Å²) in [6.07, 6.45) is 0. The van der Waals surface area contributed by atoms with Crippen molar-refractivity contribution in [3.8, 4) is 33.4 Å². The minimum absolute atomic E-state index is 1.25. The molecule has 40 heavy (non-hydrogen) atoms. The van der Waals surface area contributed by atoms with Gasteiger partial charge in [-0.2, -0.15) is 0 Å². The lowest BCUT2D eigenvalue weighted by atomic mass is 9.90. The fourth-order valence-corrected chi connectivity index (χ4v) is 6.21. The molecule has 186 valence electrons. The zero-order valence-electron chi connectivity index (χ0n) is 22.0. The van der Waals surface area contributed by atoms with Gasteiger partial charge in [-0.15, -0.1) is 0 Å². The highest BCUT2D eigenvalue weighted by Gasteiger charge is 2.11. The van der Waals surface area contributed by atoms with E-state index in [1.165, 1.54) is 76.5 Å². The van der Waals surface area contributed by atoms with Gasteiger partial charge in [0.25, 0.3) is 0 Å². The molecule has 0 N–H and O–H groups in total. The topological polar surface area (TPSA) is 0 Å². The van der Waals surface area contributed by atoms with Crippen molar-refractivity contribution in [1.82, 2.24) is 0 Å². The summed E-state index contributed by atoms with van der Waals surface area (Å²) >= 11 is 0. The summed E-state index contributed by atoms with van der Waals surface area (Å²) in [5, 5.41) is 10.2. The van der Waals surface area contributed by atoms with E-state index in [1.54, 1.807) is 0 Å². The molecule has 8 aromatic carbocycles. The highest BCUT2D eigenvalue weighted by molar-refractivity contribution is 6.11. The smallest absolute Gasteiger partial charge is 0.00992 e. The number of fused-ring (bicyclic) bond motifs is 5. The minimum atomic E-state index is 1.25. The molecule has 0 saturated carbocycles. The molecule has 0 aliphatic heterocycles. The normalized spacial score (nSPS) is 11.5. The Hall–Kier alpha value is -5.20. The van der Waals surface area contributed by atoms with Gasteiger partial charge in [0, 0.05) is 0 Å². The van der Waals surface area contributed by atoms with E-state index in [0.29, 0.717) is 0 Å². The highest BCUT2D eigenvalue weighted by Crippen LogP contribution is 2.38. The van der Waals surface area contributed by atoms with Gasteiger partial charge >= 0.3 is 0 Å². The van der Waals surface area contributed by atoms with Crippen molar-refractivity contribution in [2.24, 2.45) is 0 Å². The van der Waals surface area contributed by atoms with Gasteiger partial charge in [0.05, 0.1) is 0 Å². The molecule has 0 unspecified atom stereocenters. The summed E-state index contributed by atoms with van der Waals surface area (Å²) in [4.78, 5) is 0. The molecule has 0 spiro atoms. The van der Waals surface area contributed by atoms with Gasteiger partial charge in [-0.05, 0) is 94.7 Å². The third-order valence-corrected chi connectivity index (χ3v) is 8.24. The lowest BCUT2D eigenvalue weighted by Crippen LogP contribution is -1.87. The van der Waals surface area contributed by atoms with E-state index in [4.69, 9.17) is 0 Å². The number of hydrogen-bond acceptors (Lipinski definition) is 0. The lowest BCUT2D eigenvalue weighted by Gasteiger charge is -2.13. The summed E-state index contributed by atoms with van der Waals surface area (Å²) in [7, 11) is 0. The van der Waals surface area contributed by atoms with Crippen molar-refractivity contribution in [2.75, 3.05) is 0 Å². The van der Waals surface area contributed by atoms with Crippen molar-refractivity contribution in [2.45, 2.75) is 0 Å². The molecule has 0 nitrogen and oxygen atoms in total. The zero-order valence-corrected chi connectivity index (χ0v) is 22.0. The van der Waals surface area contributed by atoms with Crippen LogP contribution in [0.5, 0.6) is 0 Å². The van der Waals surface area contributed by atoms with E-state index in [0.717, 1.165) is 0 Å². The van der Waals surface area contributed by atoms with Crippen LogP contribution in [0.15, 0.2) is 158 Å². The molecule has 0 bridgehead atoms. The second-order valence-corrected chi connectivity index (χ2v) is 10.6. The minimum Gasteiger partial charge on any atom is -0.0622 e. The first-order valence-corrected chi connectivity index (χ1v) is 13.9. The third kappa shape index (κ3) is 3.77. The van der Waals surface area contributed by atoms with E-state index < -0.39 is 0 Å². The van der Waals surface area contributed by atoms with Gasteiger partial charge in [0.15, 0.2) is 0 Å². The molecule has 0 heterocycles. The maximum absolute atomic E-state index is 2.34. The molecule has 0 atom stereocenters. The number of benzene rings is 8. The van der Waals surface area contributed by atoms with Crippen molar-refractivity contribution in [1.29, 1.82) is 0 Å². The van der Waals surface area contributed by atoms with Crippen molar-refractivity contribution in [3.05, 3.63) is 158 Å². The van der Waals surface area contributed by atoms with Crippen LogP contribution in [0.3, 0.4) is 0 Å². The van der Waals surface area contributed by atoms with Gasteiger partial charge in [-0.25, -0.2) is 0 Å². The Morgan fingerprint density at radius 2 is 0.700 bits per heavy atom. The molecule has 0 radical (unpaired) electrons. The molecule has 0 fully saturated rings. The van der Waals surface area contributed by atoms with Crippen LogP contribution >= 0.6 is 0 Å². The Morgan fingerprint density at radius 1 is 0.225 bits per heavy atom. The monoisotopic (exact) mass is 506 g/mol. The summed E-state index contributed by atoms with van der Waals surface area (Å²) in [6.45, 7) is 0. The Balaban J connectivity index is 1.23. The van der Waals surface area contributed by atoms with Crippen LogP contribution in [0.4, 0.5) is 0 Å². The summed E-state index contributed by atoms with van der Waals surface area (Å²) in [5.41, 5.74) is 7.53. The first-order chi connectivity index (χ1) is 19.8. The Labute approximate surface area is 233 Å². The molecule has 0 heteroatoms. The standard InChI is InChI=1S/C40H26/c1-2-9-28(10-3-1)35-22-23-38(40-13-7-6-12-39(35)40)34-19-21-37-33(26-34)17-16-32-25-31(18-20-36(32)37)30-15-14-27-8-4-5-11-29(27)24-30/h1-26H. The largest absolute Gasteiger partial charge is 0.0622 e. The van der Waals surface area contributed by atoms with Crippen molar-refractivity contribution < 1.29 is 0 Å². The maximum Gasteiger partial charge on any atom is -0.00992 e. The van der Waals surface area contributed by atoms with Crippen molar-refractivity contribution in [3.63, 3.8) is 0 Å². The van der Waals surface area contributed by atoms with Crippen molar-refractivity contribution >= 4 is 43.1 Å². The Kier molecular flexibility index (Phi) is 5.24. The van der Waals surface area contributed by atoms with Gasteiger partial charge < -0.3 is 0 Å². The lowest BCUT2D eigenvalue weighted by molar-refractivity contribution is 1.64. The zero-order chi connectivity index (χ0) is 26.5. The molecular weight excluding hydrogens is 480 g/mol. The van der Waals surface area contributed by atoms with E-state index in [9.17, 15) is 0 Å². The van der Waals surface area contributed by atoms with E-state index >= 15 is 0 Å². The first-order valence-electron chi connectivity index (χ1n) is 13.9. The molecule has 8 aromatic rings. The van der Waals surface area contributed by atoms with Gasteiger partial charge in [-0.3, -0.25) is 0 Å². The molecule has 0 saturated heterocycles. The second-order valence-electron chi connectivity index (χ2n) is 10.6. The quantitative estimate of drug-likeness (QED) is 0.209. The van der Waals surface area contributed by atoms with Gasteiger partial charge in [-0.1, -0.05) is 140 Å². The number of hydrogen-bond donors (Lipinski definition) is 0. The summed E-state index contributed by atoms with van der Waals surface area (Å²) in [6, 6.07) is 57.6. The second kappa shape index (κ2) is 9.22. The van der Waals surface area contributed by atoms with E-state index in [-0.39, 0.29) is 0 Å². The average molecular weight is 507 g/mol. The summed E-state index contributed by atoms with van der Waals surface area (Å²) in [5.74, 6) is 0. The van der Waals surface area contributed by atoms with Crippen LogP contribution in [0.2, 0.25) is 0 Å². The first kappa shape index (κ1) is 22.8. The van der Waals surface area contributed by atoms with Crippen LogP contribution in [-0.4, -0.2) is 0 Å². The van der Waals surface area contributed by atoms with E-state index in [2.05, 4.69) is 158 Å². The molecule has 0 amide bonds. The average Bonchev–Trinajstić information content (AvgIpc) is 3.04. The summed E-state index contributed by atoms with van der Waals surface area (Å²) < 4.78 is 0. The number of rotatable bonds is 3. The SMILES string of the molecule is c1ccc(-c2ccc(-c3ccc4c(ccc5cc(-c6ccc7ccccc7c6)ccc54)c3)c3ccccc23)cc1. The van der Waals surface area contributed by atoms with Gasteiger partial charge in [0.1, 0.15) is 0 Å². The van der Waals surface area contributed by atoms with E-state index in [1.807, 2.05) is 0 Å². The van der Waals surface area contributed by atoms with Crippen LogP contribution in [0.25, 0.3) is 76.5 Å². The fourth-order valence-electron chi connectivity index (χ4n) is 6.21. The molecular formula is C40H26. The molecule has 0 aliphatic carbocycles. The highest BCUT2D eigenvalue weighted by atomic mass is 14.1. The molecule has 8 rings (SSSR count). The predicted molar refractivity (Wildman–Crippen MR) is 173 cm³/mol.